The summed E-state index contributed by atoms with van der Waals surface area (Å²) < 4.78 is 4.59. The maximum Gasteiger partial charge on any atom is 0.338 e. The predicted molar refractivity (Wildman–Crippen MR) is 58.9 cm³/mol. The van der Waals surface area contributed by atoms with E-state index in [1.807, 2.05) is 0 Å². The number of methoxy groups -OCH3 is 1. The highest BCUT2D eigenvalue weighted by Gasteiger charge is 2.10. The van der Waals surface area contributed by atoms with Crippen molar-refractivity contribution in [3.63, 3.8) is 0 Å². The minimum atomic E-state index is -0.465. The molecule has 0 aliphatic heterocycles. The van der Waals surface area contributed by atoms with Crippen molar-refractivity contribution >= 4 is 12.2 Å². The lowest BCUT2D eigenvalue weighted by Gasteiger charge is -2.04. The van der Waals surface area contributed by atoms with Crippen LogP contribution in [0.25, 0.3) is 0 Å². The first kappa shape index (κ1) is 13.2. The van der Waals surface area contributed by atoms with Crippen LogP contribution in [0.1, 0.15) is 13.8 Å². The lowest BCUT2D eigenvalue weighted by Crippen LogP contribution is -2.06. The summed E-state index contributed by atoms with van der Waals surface area (Å²) in [5, 5.41) is 11.3. The van der Waals surface area contributed by atoms with Gasteiger partial charge < -0.3 is 9.94 Å². The van der Waals surface area contributed by atoms with E-state index in [-0.39, 0.29) is 0 Å². The molecule has 4 nitrogen and oxygen atoms in total. The molecular weight excluding hydrogens is 194 g/mol. The molecule has 0 rings (SSSR count). The van der Waals surface area contributed by atoms with Crippen molar-refractivity contribution in [2.24, 2.45) is 5.16 Å². The lowest BCUT2D eigenvalue weighted by atomic mass is 10.1. The van der Waals surface area contributed by atoms with E-state index in [1.165, 1.54) is 13.3 Å². The zero-order valence-corrected chi connectivity index (χ0v) is 9.15. The average molecular weight is 209 g/mol. The average Bonchev–Trinajstić information content (AvgIpc) is 2.22. The highest BCUT2D eigenvalue weighted by molar-refractivity contribution is 5.96. The van der Waals surface area contributed by atoms with Crippen molar-refractivity contribution < 1.29 is 14.7 Å². The number of carbonyl (C=O) groups is 1. The van der Waals surface area contributed by atoms with Crippen LogP contribution in [0, 0.1) is 0 Å². The zero-order valence-electron chi connectivity index (χ0n) is 9.15. The first-order chi connectivity index (χ1) is 7.06. The molecule has 0 saturated carbocycles. The van der Waals surface area contributed by atoms with Gasteiger partial charge in [0.05, 0.1) is 18.9 Å². The SMILES string of the molecule is C=C(C)/C(=C\C(=CC)/C=N/O)C(=O)OC. The van der Waals surface area contributed by atoms with Crippen LogP contribution in [0.3, 0.4) is 0 Å². The van der Waals surface area contributed by atoms with Gasteiger partial charge in [0.25, 0.3) is 0 Å². The van der Waals surface area contributed by atoms with Gasteiger partial charge in [-0.1, -0.05) is 17.8 Å². The molecule has 1 N–H and O–H groups in total. The van der Waals surface area contributed by atoms with E-state index >= 15 is 0 Å². The second kappa shape index (κ2) is 6.59. The standard InChI is InChI=1S/C11H15NO3/c1-5-9(7-12-14)6-10(8(2)3)11(13)15-4/h5-7,14H,2H2,1,3-4H3/b9-5?,10-6+,12-7+. The van der Waals surface area contributed by atoms with E-state index in [0.29, 0.717) is 16.7 Å². The van der Waals surface area contributed by atoms with Crippen LogP contribution >= 0.6 is 0 Å². The van der Waals surface area contributed by atoms with Gasteiger partial charge in [-0.25, -0.2) is 4.79 Å². The molecule has 4 heteroatoms. The molecule has 0 aromatic carbocycles. The van der Waals surface area contributed by atoms with E-state index in [9.17, 15) is 4.79 Å². The number of nitrogens with zero attached hydrogens (tertiary/aromatic N) is 1. The summed E-state index contributed by atoms with van der Waals surface area (Å²) in [5.41, 5.74) is 1.54. The molecule has 0 aliphatic carbocycles. The summed E-state index contributed by atoms with van der Waals surface area (Å²) in [6.45, 7) is 7.13. The number of oxime groups is 1. The van der Waals surface area contributed by atoms with Crippen LogP contribution in [0.15, 0.2) is 40.6 Å². The Hall–Kier alpha value is -1.84. The molecule has 0 heterocycles. The Balaban J connectivity index is 5.15. The highest BCUT2D eigenvalue weighted by atomic mass is 16.5. The Morgan fingerprint density at radius 3 is 2.47 bits per heavy atom. The van der Waals surface area contributed by atoms with E-state index < -0.39 is 5.97 Å². The van der Waals surface area contributed by atoms with E-state index in [0.717, 1.165) is 0 Å². The minimum Gasteiger partial charge on any atom is -0.465 e. The van der Waals surface area contributed by atoms with E-state index in [4.69, 9.17) is 5.21 Å². The van der Waals surface area contributed by atoms with Gasteiger partial charge in [0.15, 0.2) is 0 Å². The van der Waals surface area contributed by atoms with Gasteiger partial charge >= 0.3 is 5.97 Å². The molecule has 0 amide bonds. The summed E-state index contributed by atoms with van der Waals surface area (Å²) in [5.74, 6) is -0.465. The quantitative estimate of drug-likeness (QED) is 0.192. The maximum atomic E-state index is 11.3. The van der Waals surface area contributed by atoms with Crippen LogP contribution < -0.4 is 0 Å². The van der Waals surface area contributed by atoms with Crippen molar-refractivity contribution in [2.45, 2.75) is 13.8 Å². The summed E-state index contributed by atoms with van der Waals surface area (Å²) in [6.07, 6.45) is 4.48. The normalized spacial score (nSPS) is 13.0. The number of carbonyl (C=O) groups excluding carboxylic acids is 1. The fourth-order valence-corrected chi connectivity index (χ4v) is 0.895. The molecule has 0 bridgehead atoms. The summed E-state index contributed by atoms with van der Waals surface area (Å²) in [6, 6.07) is 0. The fraction of sp³-hybridized carbons (Fsp3) is 0.273. The first-order valence-electron chi connectivity index (χ1n) is 4.36. The topological polar surface area (TPSA) is 58.9 Å². The number of hydrogen-bond acceptors (Lipinski definition) is 4. The largest absolute Gasteiger partial charge is 0.465 e. The summed E-state index contributed by atoms with van der Waals surface area (Å²) in [4.78, 5) is 11.3. The summed E-state index contributed by atoms with van der Waals surface area (Å²) in [7, 11) is 1.30. The van der Waals surface area contributed by atoms with Gasteiger partial charge in [-0.2, -0.15) is 0 Å². The second-order valence-corrected chi connectivity index (χ2v) is 2.86. The Bertz CT molecular complexity index is 338. The Morgan fingerprint density at radius 2 is 2.13 bits per heavy atom. The molecular formula is C11H15NO3. The van der Waals surface area contributed by atoms with Crippen molar-refractivity contribution in [2.75, 3.05) is 7.11 Å². The van der Waals surface area contributed by atoms with Crippen LogP contribution in [0.4, 0.5) is 0 Å². The van der Waals surface area contributed by atoms with Gasteiger partial charge in [0, 0.05) is 0 Å². The van der Waals surface area contributed by atoms with Crippen molar-refractivity contribution in [1.82, 2.24) is 0 Å². The smallest absolute Gasteiger partial charge is 0.338 e. The molecule has 15 heavy (non-hydrogen) atoms. The molecule has 0 fully saturated rings. The van der Waals surface area contributed by atoms with Gasteiger partial charge in [0.2, 0.25) is 0 Å². The third-order valence-electron chi connectivity index (χ3n) is 1.72. The predicted octanol–water partition coefficient (Wildman–Crippen LogP) is 2.07. The van der Waals surface area contributed by atoms with Gasteiger partial charge in [-0.15, -0.1) is 0 Å². The first-order valence-corrected chi connectivity index (χ1v) is 4.36. The van der Waals surface area contributed by atoms with Crippen LogP contribution in [0.5, 0.6) is 0 Å². The number of allylic oxidation sites excluding steroid dienone is 3. The number of hydrogen-bond donors (Lipinski definition) is 1. The molecule has 0 aromatic rings. The third kappa shape index (κ3) is 4.26. The minimum absolute atomic E-state index is 0.352. The van der Waals surface area contributed by atoms with Gasteiger partial charge in [-0.05, 0) is 31.1 Å². The van der Waals surface area contributed by atoms with Crippen LogP contribution in [-0.4, -0.2) is 24.5 Å². The molecule has 0 spiro atoms. The molecule has 0 aromatic heterocycles. The maximum absolute atomic E-state index is 11.3. The monoisotopic (exact) mass is 209 g/mol. The van der Waals surface area contributed by atoms with Crippen molar-refractivity contribution in [3.05, 3.63) is 35.5 Å². The molecule has 82 valence electrons. The fourth-order valence-electron chi connectivity index (χ4n) is 0.895. The van der Waals surface area contributed by atoms with E-state index in [1.54, 1.807) is 26.0 Å². The number of ether oxygens (including phenoxy) is 1. The lowest BCUT2D eigenvalue weighted by molar-refractivity contribution is -0.135. The third-order valence-corrected chi connectivity index (χ3v) is 1.72. The Kier molecular flexibility index (Phi) is 5.78. The van der Waals surface area contributed by atoms with Gasteiger partial charge in [-0.3, -0.25) is 0 Å². The molecule has 0 radical (unpaired) electrons. The second-order valence-electron chi connectivity index (χ2n) is 2.86. The number of rotatable bonds is 4. The van der Waals surface area contributed by atoms with Crippen LogP contribution in [-0.2, 0) is 9.53 Å². The molecule has 0 aliphatic rings. The van der Waals surface area contributed by atoms with Crippen molar-refractivity contribution in [3.8, 4) is 0 Å². The van der Waals surface area contributed by atoms with Gasteiger partial charge in [0.1, 0.15) is 0 Å². The number of esters is 1. The highest BCUT2D eigenvalue weighted by Crippen LogP contribution is 2.11. The van der Waals surface area contributed by atoms with Crippen molar-refractivity contribution in [1.29, 1.82) is 0 Å². The molecule has 0 saturated heterocycles. The zero-order chi connectivity index (χ0) is 11.8. The summed E-state index contributed by atoms with van der Waals surface area (Å²) >= 11 is 0. The molecule has 0 unspecified atom stereocenters. The van der Waals surface area contributed by atoms with E-state index in [2.05, 4.69) is 16.5 Å². The molecule has 0 atom stereocenters. The Morgan fingerprint density at radius 1 is 1.53 bits per heavy atom. The Labute approximate surface area is 89.2 Å². The van der Waals surface area contributed by atoms with Crippen LogP contribution in [0.2, 0.25) is 0 Å².